The summed E-state index contributed by atoms with van der Waals surface area (Å²) in [5.41, 5.74) is 0.678. The largest absolute Gasteiger partial charge is 0.497 e. The summed E-state index contributed by atoms with van der Waals surface area (Å²) in [6, 6.07) is 8.20. The lowest BCUT2D eigenvalue weighted by Crippen LogP contribution is -2.47. The fourth-order valence-corrected chi connectivity index (χ4v) is 3.23. The van der Waals surface area contributed by atoms with Crippen LogP contribution in [0.3, 0.4) is 0 Å². The van der Waals surface area contributed by atoms with E-state index in [1.54, 1.807) is 7.11 Å². The number of ether oxygens (including phenoxy) is 1. The monoisotopic (exact) mass is 262 g/mol. The van der Waals surface area contributed by atoms with Gasteiger partial charge < -0.3 is 9.84 Å². The van der Waals surface area contributed by atoms with Crippen molar-refractivity contribution in [1.82, 2.24) is 0 Å². The third kappa shape index (κ3) is 3.11. The highest BCUT2D eigenvalue weighted by molar-refractivity contribution is 5.28. The second-order valence-corrected chi connectivity index (χ2v) is 6.50. The zero-order valence-corrected chi connectivity index (χ0v) is 12.4. The molecule has 2 nitrogen and oxygen atoms in total. The predicted octanol–water partition coefficient (Wildman–Crippen LogP) is 3.96. The normalized spacial score (nSPS) is 19.2. The molecule has 1 aliphatic carbocycles. The SMILES string of the molecule is COc1ccc(CC(C)(C)C2(O)CCCCC2)cc1. The Morgan fingerprint density at radius 3 is 2.21 bits per heavy atom. The van der Waals surface area contributed by atoms with Crippen LogP contribution in [-0.2, 0) is 6.42 Å². The molecule has 0 amide bonds. The summed E-state index contributed by atoms with van der Waals surface area (Å²) >= 11 is 0. The Morgan fingerprint density at radius 1 is 1.11 bits per heavy atom. The number of aliphatic hydroxyl groups is 1. The van der Waals surface area contributed by atoms with E-state index in [1.807, 2.05) is 12.1 Å². The Bertz CT molecular complexity index is 400. The van der Waals surface area contributed by atoms with E-state index in [2.05, 4.69) is 26.0 Å². The van der Waals surface area contributed by atoms with Crippen LogP contribution in [0.5, 0.6) is 5.75 Å². The Balaban J connectivity index is 2.10. The van der Waals surface area contributed by atoms with E-state index >= 15 is 0 Å². The van der Waals surface area contributed by atoms with Gasteiger partial charge in [0.15, 0.2) is 0 Å². The van der Waals surface area contributed by atoms with Crippen molar-refractivity contribution in [3.05, 3.63) is 29.8 Å². The summed E-state index contributed by atoms with van der Waals surface area (Å²) in [5, 5.41) is 10.9. The molecule has 106 valence electrons. The number of rotatable bonds is 4. The first-order valence-corrected chi connectivity index (χ1v) is 7.32. The van der Waals surface area contributed by atoms with Crippen molar-refractivity contribution in [2.45, 2.75) is 58.0 Å². The van der Waals surface area contributed by atoms with Crippen molar-refractivity contribution >= 4 is 0 Å². The van der Waals surface area contributed by atoms with Crippen LogP contribution in [-0.4, -0.2) is 17.8 Å². The van der Waals surface area contributed by atoms with E-state index in [0.29, 0.717) is 0 Å². The number of hydrogen-bond donors (Lipinski definition) is 1. The van der Waals surface area contributed by atoms with Crippen LogP contribution >= 0.6 is 0 Å². The molecule has 2 heteroatoms. The first kappa shape index (κ1) is 14.4. The van der Waals surface area contributed by atoms with Crippen molar-refractivity contribution in [2.24, 2.45) is 5.41 Å². The molecule has 1 saturated carbocycles. The maximum atomic E-state index is 10.9. The predicted molar refractivity (Wildman–Crippen MR) is 78.5 cm³/mol. The number of hydrogen-bond acceptors (Lipinski definition) is 2. The molecule has 0 aliphatic heterocycles. The van der Waals surface area contributed by atoms with Crippen LogP contribution in [0.2, 0.25) is 0 Å². The Morgan fingerprint density at radius 2 is 1.68 bits per heavy atom. The summed E-state index contributed by atoms with van der Waals surface area (Å²) in [7, 11) is 1.68. The van der Waals surface area contributed by atoms with Gasteiger partial charge in [0.2, 0.25) is 0 Å². The van der Waals surface area contributed by atoms with Gasteiger partial charge in [-0.2, -0.15) is 0 Å². The number of methoxy groups -OCH3 is 1. The van der Waals surface area contributed by atoms with Gasteiger partial charge in [-0.1, -0.05) is 45.2 Å². The van der Waals surface area contributed by atoms with Gasteiger partial charge in [-0.05, 0) is 42.4 Å². The van der Waals surface area contributed by atoms with Gasteiger partial charge in [0, 0.05) is 0 Å². The van der Waals surface area contributed by atoms with E-state index in [1.165, 1.54) is 12.0 Å². The first-order valence-electron chi connectivity index (χ1n) is 7.32. The molecule has 0 atom stereocenters. The summed E-state index contributed by atoms with van der Waals surface area (Å²) in [6.45, 7) is 4.39. The Hall–Kier alpha value is -1.02. The molecule has 0 aromatic heterocycles. The van der Waals surface area contributed by atoms with E-state index in [4.69, 9.17) is 4.74 Å². The van der Waals surface area contributed by atoms with Crippen LogP contribution in [0.15, 0.2) is 24.3 Å². The molecule has 0 spiro atoms. The molecule has 0 saturated heterocycles. The lowest BCUT2D eigenvalue weighted by atomic mass is 9.64. The smallest absolute Gasteiger partial charge is 0.118 e. The van der Waals surface area contributed by atoms with E-state index in [-0.39, 0.29) is 5.41 Å². The second-order valence-electron chi connectivity index (χ2n) is 6.50. The third-order valence-corrected chi connectivity index (χ3v) is 4.75. The van der Waals surface area contributed by atoms with Crippen LogP contribution in [0.25, 0.3) is 0 Å². The summed E-state index contributed by atoms with van der Waals surface area (Å²) < 4.78 is 5.19. The molecule has 2 rings (SSSR count). The summed E-state index contributed by atoms with van der Waals surface area (Å²) in [4.78, 5) is 0. The number of benzene rings is 1. The van der Waals surface area contributed by atoms with Crippen molar-refractivity contribution in [1.29, 1.82) is 0 Å². The molecule has 19 heavy (non-hydrogen) atoms. The lowest BCUT2D eigenvalue weighted by Gasteiger charge is -2.45. The molecule has 0 radical (unpaired) electrons. The molecular formula is C17H26O2. The first-order chi connectivity index (χ1) is 8.97. The van der Waals surface area contributed by atoms with Crippen molar-refractivity contribution in [3.8, 4) is 5.75 Å². The molecule has 1 N–H and O–H groups in total. The topological polar surface area (TPSA) is 29.5 Å². The highest BCUT2D eigenvalue weighted by atomic mass is 16.5. The van der Waals surface area contributed by atoms with Gasteiger partial charge in [-0.15, -0.1) is 0 Å². The molecular weight excluding hydrogens is 236 g/mol. The third-order valence-electron chi connectivity index (χ3n) is 4.75. The highest BCUT2D eigenvalue weighted by Crippen LogP contribution is 2.44. The molecule has 1 fully saturated rings. The van der Waals surface area contributed by atoms with Crippen molar-refractivity contribution in [3.63, 3.8) is 0 Å². The molecule has 1 aromatic carbocycles. The molecule has 1 aromatic rings. The zero-order valence-electron chi connectivity index (χ0n) is 12.4. The molecule has 1 aliphatic rings. The maximum Gasteiger partial charge on any atom is 0.118 e. The van der Waals surface area contributed by atoms with Gasteiger partial charge in [0.1, 0.15) is 5.75 Å². The van der Waals surface area contributed by atoms with Crippen LogP contribution < -0.4 is 4.74 Å². The average Bonchev–Trinajstić information content (AvgIpc) is 2.40. The highest BCUT2D eigenvalue weighted by Gasteiger charge is 2.43. The fraction of sp³-hybridized carbons (Fsp3) is 0.647. The van der Waals surface area contributed by atoms with E-state index in [0.717, 1.165) is 37.9 Å². The van der Waals surface area contributed by atoms with Crippen LogP contribution in [0, 0.1) is 5.41 Å². The minimum atomic E-state index is -0.509. The van der Waals surface area contributed by atoms with E-state index in [9.17, 15) is 5.11 Å². The Kier molecular flexibility index (Phi) is 4.19. The minimum absolute atomic E-state index is 0.0813. The summed E-state index contributed by atoms with van der Waals surface area (Å²) in [5.74, 6) is 0.887. The van der Waals surface area contributed by atoms with Gasteiger partial charge in [0.25, 0.3) is 0 Å². The van der Waals surface area contributed by atoms with Gasteiger partial charge in [-0.3, -0.25) is 0 Å². The van der Waals surface area contributed by atoms with Crippen LogP contribution in [0.4, 0.5) is 0 Å². The second kappa shape index (κ2) is 5.54. The fourth-order valence-electron chi connectivity index (χ4n) is 3.23. The molecule has 0 heterocycles. The van der Waals surface area contributed by atoms with E-state index < -0.39 is 5.60 Å². The quantitative estimate of drug-likeness (QED) is 0.890. The van der Waals surface area contributed by atoms with Crippen LogP contribution in [0.1, 0.15) is 51.5 Å². The van der Waals surface area contributed by atoms with Gasteiger partial charge in [-0.25, -0.2) is 0 Å². The minimum Gasteiger partial charge on any atom is -0.497 e. The average molecular weight is 262 g/mol. The molecule has 0 bridgehead atoms. The van der Waals surface area contributed by atoms with Gasteiger partial charge in [0.05, 0.1) is 12.7 Å². The maximum absolute atomic E-state index is 10.9. The summed E-state index contributed by atoms with van der Waals surface area (Å²) in [6.07, 6.45) is 6.37. The lowest BCUT2D eigenvalue weighted by molar-refractivity contribution is -0.0928. The standard InChI is InChI=1S/C17H26O2/c1-16(2,17(18)11-5-4-6-12-17)13-14-7-9-15(19-3)10-8-14/h7-10,18H,4-6,11-13H2,1-3H3. The Labute approximate surface area is 116 Å². The van der Waals surface area contributed by atoms with Crippen molar-refractivity contribution < 1.29 is 9.84 Å². The van der Waals surface area contributed by atoms with Gasteiger partial charge >= 0.3 is 0 Å². The zero-order chi connectivity index (χ0) is 13.9. The molecule has 0 unspecified atom stereocenters. The van der Waals surface area contributed by atoms with Crippen molar-refractivity contribution in [2.75, 3.05) is 7.11 Å².